The fourth-order valence-corrected chi connectivity index (χ4v) is 4.22. The fraction of sp³-hybridized carbons (Fsp3) is 0.176. The van der Waals surface area contributed by atoms with Gasteiger partial charge >= 0.3 is 0 Å². The Labute approximate surface area is 156 Å². The van der Waals surface area contributed by atoms with Crippen LogP contribution < -0.4 is 0 Å². The van der Waals surface area contributed by atoms with E-state index in [2.05, 4.69) is 80.5 Å². The molecule has 3 aromatic rings. The van der Waals surface area contributed by atoms with Crippen molar-refractivity contribution < 1.29 is 4.42 Å². The lowest BCUT2D eigenvalue weighted by molar-refractivity contribution is 0.584. The minimum Gasteiger partial charge on any atom is -0.416 e. The van der Waals surface area contributed by atoms with Gasteiger partial charge in [0.15, 0.2) is 0 Å². The van der Waals surface area contributed by atoms with Crippen molar-refractivity contribution in [2.45, 2.75) is 19.8 Å². The predicted molar refractivity (Wildman–Crippen MR) is 105 cm³/mol. The lowest BCUT2D eigenvalue weighted by Crippen LogP contribution is -1.84. The van der Waals surface area contributed by atoms with Gasteiger partial charge in [0.25, 0.3) is 0 Å². The third kappa shape index (κ3) is 3.68. The zero-order valence-corrected chi connectivity index (χ0v) is 16.3. The molecule has 0 radical (unpaired) electrons. The highest BCUT2D eigenvalue weighted by atomic mass is 127. The fourth-order valence-electron chi connectivity index (χ4n) is 2.28. The van der Waals surface area contributed by atoms with E-state index in [-0.39, 0.29) is 0 Å². The summed E-state index contributed by atoms with van der Waals surface area (Å²) in [7, 11) is 0. The molecule has 0 N–H and O–H groups in total. The maximum absolute atomic E-state index is 5.87. The normalized spacial score (nSPS) is 10.9. The minimum absolute atomic E-state index is 0.562. The first-order valence-corrected chi connectivity index (χ1v) is 9.21. The first-order chi connectivity index (χ1) is 10.7. The van der Waals surface area contributed by atoms with E-state index in [9.17, 15) is 0 Å². The molecule has 3 nitrogen and oxygen atoms in total. The third-order valence-corrected chi connectivity index (χ3v) is 4.49. The van der Waals surface area contributed by atoms with Crippen LogP contribution in [0.25, 0.3) is 22.9 Å². The Morgan fingerprint density at radius 1 is 0.909 bits per heavy atom. The molecular weight excluding hydrogens is 502 g/mol. The van der Waals surface area contributed by atoms with Crippen LogP contribution in [0.2, 0.25) is 0 Å². The quantitative estimate of drug-likeness (QED) is 0.427. The molecule has 0 saturated carbocycles. The molecule has 0 aliphatic carbocycles. The van der Waals surface area contributed by atoms with Crippen molar-refractivity contribution in [2.75, 3.05) is 0 Å². The molecule has 22 heavy (non-hydrogen) atoms. The molecule has 112 valence electrons. The summed E-state index contributed by atoms with van der Waals surface area (Å²) in [6.07, 6.45) is 2.18. The molecule has 0 aliphatic heterocycles. The number of aryl methyl sites for hydroxylation is 1. The predicted octanol–water partition coefficient (Wildman–Crippen LogP) is 5.57. The van der Waals surface area contributed by atoms with Crippen molar-refractivity contribution in [3.05, 3.63) is 55.2 Å². The van der Waals surface area contributed by atoms with E-state index >= 15 is 0 Å². The molecule has 0 unspecified atom stereocenters. The zero-order chi connectivity index (χ0) is 15.5. The Kier molecular flexibility index (Phi) is 5.12. The molecule has 2 aromatic carbocycles. The van der Waals surface area contributed by atoms with Gasteiger partial charge in [-0.2, -0.15) is 0 Å². The van der Waals surface area contributed by atoms with Crippen LogP contribution in [0.5, 0.6) is 0 Å². The van der Waals surface area contributed by atoms with Crippen molar-refractivity contribution in [1.82, 2.24) is 10.2 Å². The number of rotatable bonds is 4. The first-order valence-electron chi connectivity index (χ1n) is 7.05. The molecule has 1 aromatic heterocycles. The average molecular weight is 516 g/mol. The number of nitrogens with zero attached hydrogens (tertiary/aromatic N) is 2. The minimum atomic E-state index is 0.562. The standard InChI is InChI=1S/C17H14I2N2O/c1-2-4-11-5-3-6-12(7-11)16-20-21-17(22-16)13-8-14(18)10-15(19)9-13/h3,5-10H,2,4H2,1H3. The molecule has 0 bridgehead atoms. The van der Waals surface area contributed by atoms with Gasteiger partial charge in [0.05, 0.1) is 0 Å². The van der Waals surface area contributed by atoms with Gasteiger partial charge < -0.3 is 4.42 Å². The smallest absolute Gasteiger partial charge is 0.248 e. The van der Waals surface area contributed by atoms with Crippen molar-refractivity contribution in [1.29, 1.82) is 0 Å². The summed E-state index contributed by atoms with van der Waals surface area (Å²) in [6.45, 7) is 2.18. The van der Waals surface area contributed by atoms with Crippen LogP contribution in [0.4, 0.5) is 0 Å². The molecule has 0 spiro atoms. The molecule has 0 atom stereocenters. The van der Waals surface area contributed by atoms with Crippen LogP contribution >= 0.6 is 45.2 Å². The molecule has 0 fully saturated rings. The summed E-state index contributed by atoms with van der Waals surface area (Å²) in [4.78, 5) is 0. The van der Waals surface area contributed by atoms with Crippen molar-refractivity contribution >= 4 is 45.2 Å². The molecule has 5 heteroatoms. The van der Waals surface area contributed by atoms with Crippen LogP contribution in [0.3, 0.4) is 0 Å². The zero-order valence-electron chi connectivity index (χ0n) is 12.0. The van der Waals surface area contributed by atoms with Crippen LogP contribution in [0, 0.1) is 7.14 Å². The summed E-state index contributed by atoms with van der Waals surface area (Å²) in [5.41, 5.74) is 3.23. The molecule has 0 saturated heterocycles. The highest BCUT2D eigenvalue weighted by Gasteiger charge is 2.12. The number of hydrogen-bond donors (Lipinski definition) is 0. The lowest BCUT2D eigenvalue weighted by atomic mass is 10.1. The van der Waals surface area contributed by atoms with Gasteiger partial charge in [0, 0.05) is 18.3 Å². The van der Waals surface area contributed by atoms with Gasteiger partial charge in [-0.3, -0.25) is 0 Å². The van der Waals surface area contributed by atoms with Gasteiger partial charge in [-0.15, -0.1) is 10.2 Å². The van der Waals surface area contributed by atoms with E-state index in [1.807, 2.05) is 24.3 Å². The monoisotopic (exact) mass is 516 g/mol. The Bertz CT molecular complexity index is 779. The largest absolute Gasteiger partial charge is 0.416 e. The van der Waals surface area contributed by atoms with E-state index in [0.717, 1.165) is 31.1 Å². The Hall–Kier alpha value is -0.960. The van der Waals surface area contributed by atoms with E-state index in [0.29, 0.717) is 11.8 Å². The molecular formula is C17H14I2N2O. The van der Waals surface area contributed by atoms with Gasteiger partial charge in [0.1, 0.15) is 0 Å². The Morgan fingerprint density at radius 2 is 1.59 bits per heavy atom. The average Bonchev–Trinajstić information content (AvgIpc) is 2.97. The second-order valence-electron chi connectivity index (χ2n) is 5.02. The topological polar surface area (TPSA) is 38.9 Å². The number of aromatic nitrogens is 2. The van der Waals surface area contributed by atoms with Crippen LogP contribution in [-0.4, -0.2) is 10.2 Å². The molecule has 3 rings (SSSR count). The highest BCUT2D eigenvalue weighted by Crippen LogP contribution is 2.27. The molecule has 1 heterocycles. The van der Waals surface area contributed by atoms with Gasteiger partial charge in [-0.05, 0) is 87.5 Å². The first kappa shape index (κ1) is 15.9. The van der Waals surface area contributed by atoms with E-state index < -0.39 is 0 Å². The summed E-state index contributed by atoms with van der Waals surface area (Å²) >= 11 is 4.59. The Morgan fingerprint density at radius 3 is 2.27 bits per heavy atom. The summed E-state index contributed by atoms with van der Waals surface area (Å²) in [6, 6.07) is 14.5. The lowest BCUT2D eigenvalue weighted by Gasteiger charge is -2.01. The highest BCUT2D eigenvalue weighted by molar-refractivity contribution is 14.1. The maximum atomic E-state index is 5.87. The third-order valence-electron chi connectivity index (χ3n) is 3.25. The van der Waals surface area contributed by atoms with E-state index in [1.54, 1.807) is 0 Å². The van der Waals surface area contributed by atoms with Crippen LogP contribution in [0.15, 0.2) is 46.9 Å². The number of halogens is 2. The van der Waals surface area contributed by atoms with Crippen LogP contribution in [-0.2, 0) is 6.42 Å². The molecule has 0 amide bonds. The number of benzene rings is 2. The summed E-state index contributed by atoms with van der Waals surface area (Å²) in [5, 5.41) is 8.40. The SMILES string of the molecule is CCCc1cccc(-c2nnc(-c3cc(I)cc(I)c3)o2)c1. The number of hydrogen-bond acceptors (Lipinski definition) is 3. The van der Waals surface area contributed by atoms with Crippen molar-refractivity contribution in [3.8, 4) is 22.9 Å². The molecule has 0 aliphatic rings. The van der Waals surface area contributed by atoms with Crippen molar-refractivity contribution in [3.63, 3.8) is 0 Å². The van der Waals surface area contributed by atoms with Crippen molar-refractivity contribution in [2.24, 2.45) is 0 Å². The Balaban J connectivity index is 1.95. The van der Waals surface area contributed by atoms with Gasteiger partial charge in [-0.1, -0.05) is 25.5 Å². The maximum Gasteiger partial charge on any atom is 0.248 e. The van der Waals surface area contributed by atoms with Gasteiger partial charge in [0.2, 0.25) is 11.8 Å². The van der Waals surface area contributed by atoms with Gasteiger partial charge in [-0.25, -0.2) is 0 Å². The van der Waals surface area contributed by atoms with E-state index in [1.165, 1.54) is 5.56 Å². The van der Waals surface area contributed by atoms with Crippen LogP contribution in [0.1, 0.15) is 18.9 Å². The summed E-state index contributed by atoms with van der Waals surface area (Å²) < 4.78 is 8.18. The van der Waals surface area contributed by atoms with E-state index in [4.69, 9.17) is 4.42 Å². The second kappa shape index (κ2) is 7.08. The summed E-state index contributed by atoms with van der Waals surface area (Å²) in [5.74, 6) is 1.13. The second-order valence-corrected chi connectivity index (χ2v) is 7.51.